The van der Waals surface area contributed by atoms with Crippen LogP contribution in [-0.2, 0) is 16.0 Å². The zero-order valence-electron chi connectivity index (χ0n) is 12.2. The number of nitrogens with one attached hydrogen (secondary N) is 2. The van der Waals surface area contributed by atoms with Crippen molar-refractivity contribution < 1.29 is 14.7 Å². The summed E-state index contributed by atoms with van der Waals surface area (Å²) in [5.41, 5.74) is 0.0289. The van der Waals surface area contributed by atoms with Crippen LogP contribution in [0, 0.1) is 0 Å². The Morgan fingerprint density at radius 3 is 2.79 bits per heavy atom. The van der Waals surface area contributed by atoms with Gasteiger partial charge in [0.15, 0.2) is 5.16 Å². The van der Waals surface area contributed by atoms with Crippen LogP contribution in [0.3, 0.4) is 0 Å². The molecular formula is C14H12ClN4O4S-. The molecular weight excluding hydrogens is 356 g/mol. The minimum Gasteiger partial charge on any atom is -0.550 e. The van der Waals surface area contributed by atoms with E-state index in [0.29, 0.717) is 10.7 Å². The van der Waals surface area contributed by atoms with E-state index in [0.717, 1.165) is 11.8 Å². The molecule has 0 bridgehead atoms. The second-order valence-electron chi connectivity index (χ2n) is 4.63. The lowest BCUT2D eigenvalue weighted by molar-refractivity contribution is -0.305. The SMILES string of the molecule is O=C([O-])CCc1nnc(SCC(=O)Nc2cccc(Cl)c2)[nH]c1=O. The second-order valence-corrected chi connectivity index (χ2v) is 6.03. The van der Waals surface area contributed by atoms with Crippen molar-refractivity contribution in [3.05, 3.63) is 45.3 Å². The fraction of sp³-hybridized carbons (Fsp3) is 0.214. The smallest absolute Gasteiger partial charge is 0.273 e. The molecule has 10 heteroatoms. The number of amides is 1. The van der Waals surface area contributed by atoms with Gasteiger partial charge in [0.05, 0.1) is 5.75 Å². The van der Waals surface area contributed by atoms with Crippen LogP contribution in [0.5, 0.6) is 0 Å². The molecule has 0 aliphatic rings. The number of benzene rings is 1. The number of thioether (sulfide) groups is 1. The van der Waals surface area contributed by atoms with Crippen LogP contribution in [0.4, 0.5) is 5.69 Å². The maximum atomic E-state index is 11.8. The molecule has 0 aliphatic heterocycles. The van der Waals surface area contributed by atoms with E-state index in [2.05, 4.69) is 20.5 Å². The predicted octanol–water partition coefficient (Wildman–Crippen LogP) is 0.232. The highest BCUT2D eigenvalue weighted by molar-refractivity contribution is 7.99. The summed E-state index contributed by atoms with van der Waals surface area (Å²) in [5.74, 6) is -1.56. The zero-order valence-corrected chi connectivity index (χ0v) is 13.8. The van der Waals surface area contributed by atoms with Crippen molar-refractivity contribution in [1.82, 2.24) is 15.2 Å². The first kappa shape index (κ1) is 18.0. The van der Waals surface area contributed by atoms with Crippen molar-refractivity contribution in [1.29, 1.82) is 0 Å². The first-order valence-corrected chi connectivity index (χ1v) is 8.14. The Bertz CT molecular complexity index is 811. The normalized spacial score (nSPS) is 10.4. The third-order valence-corrected chi connectivity index (χ3v) is 3.86. The highest BCUT2D eigenvalue weighted by Gasteiger charge is 2.08. The fourth-order valence-electron chi connectivity index (χ4n) is 1.69. The van der Waals surface area contributed by atoms with E-state index >= 15 is 0 Å². The Labute approximate surface area is 145 Å². The summed E-state index contributed by atoms with van der Waals surface area (Å²) in [4.78, 5) is 36.4. The largest absolute Gasteiger partial charge is 0.550 e. The molecule has 1 heterocycles. The number of halogens is 1. The number of aliphatic carboxylic acids is 1. The molecule has 0 radical (unpaired) electrons. The van der Waals surface area contributed by atoms with Crippen LogP contribution in [0.2, 0.25) is 5.02 Å². The van der Waals surface area contributed by atoms with Gasteiger partial charge in [-0.1, -0.05) is 29.4 Å². The van der Waals surface area contributed by atoms with E-state index in [9.17, 15) is 19.5 Å². The molecule has 2 aromatic rings. The maximum absolute atomic E-state index is 11.8. The van der Waals surface area contributed by atoms with E-state index in [-0.39, 0.29) is 35.4 Å². The number of carbonyl (C=O) groups is 2. The molecule has 0 spiro atoms. The van der Waals surface area contributed by atoms with E-state index in [1.54, 1.807) is 24.3 Å². The van der Waals surface area contributed by atoms with Gasteiger partial charge in [-0.3, -0.25) is 14.6 Å². The molecule has 2 rings (SSSR count). The molecule has 126 valence electrons. The number of rotatable bonds is 7. The molecule has 0 atom stereocenters. The molecule has 0 aliphatic carbocycles. The summed E-state index contributed by atoms with van der Waals surface area (Å²) in [6.45, 7) is 0. The minimum absolute atomic E-state index is 0.00642. The number of hydrogen-bond acceptors (Lipinski definition) is 7. The number of aromatic nitrogens is 3. The quantitative estimate of drug-likeness (QED) is 0.670. The monoisotopic (exact) mass is 367 g/mol. The van der Waals surface area contributed by atoms with Crippen molar-refractivity contribution in [2.24, 2.45) is 0 Å². The first-order chi connectivity index (χ1) is 11.4. The van der Waals surface area contributed by atoms with Gasteiger partial charge in [0.25, 0.3) is 5.56 Å². The van der Waals surface area contributed by atoms with Gasteiger partial charge in [0.1, 0.15) is 5.69 Å². The van der Waals surface area contributed by atoms with Crippen LogP contribution in [0.15, 0.2) is 34.2 Å². The number of carboxylic acids is 1. The highest BCUT2D eigenvalue weighted by atomic mass is 35.5. The predicted molar refractivity (Wildman–Crippen MR) is 86.8 cm³/mol. The molecule has 2 N–H and O–H groups in total. The van der Waals surface area contributed by atoms with Gasteiger partial charge in [0.2, 0.25) is 5.91 Å². The van der Waals surface area contributed by atoms with Gasteiger partial charge < -0.3 is 15.2 Å². The lowest BCUT2D eigenvalue weighted by Crippen LogP contribution is -2.25. The Morgan fingerprint density at radius 2 is 2.12 bits per heavy atom. The Kier molecular flexibility index (Phi) is 6.33. The Balaban J connectivity index is 1.89. The Morgan fingerprint density at radius 1 is 1.33 bits per heavy atom. The van der Waals surface area contributed by atoms with Crippen LogP contribution < -0.4 is 16.0 Å². The number of nitrogens with zero attached hydrogens (tertiary/aromatic N) is 2. The van der Waals surface area contributed by atoms with Crippen LogP contribution >= 0.6 is 23.4 Å². The fourth-order valence-corrected chi connectivity index (χ4v) is 2.49. The molecule has 0 saturated heterocycles. The van der Waals surface area contributed by atoms with Gasteiger partial charge in [0, 0.05) is 23.1 Å². The number of anilines is 1. The van der Waals surface area contributed by atoms with E-state index in [1.165, 1.54) is 0 Å². The summed E-state index contributed by atoms with van der Waals surface area (Å²) in [5, 5.41) is 21.1. The average molecular weight is 368 g/mol. The van der Waals surface area contributed by atoms with Crippen molar-refractivity contribution in [3.63, 3.8) is 0 Å². The standard InChI is InChI=1S/C14H13ClN4O4S/c15-8-2-1-3-9(6-8)16-11(20)7-24-14-17-13(23)10(18-19-14)4-5-12(21)22/h1-3,6H,4-5,7H2,(H,16,20)(H,21,22)(H,17,19,23)/p-1. The molecule has 24 heavy (non-hydrogen) atoms. The molecule has 1 amide bonds. The average Bonchev–Trinajstić information content (AvgIpc) is 2.52. The van der Waals surface area contributed by atoms with Crippen LogP contribution in [-0.4, -0.2) is 32.8 Å². The molecule has 0 fully saturated rings. The number of aryl methyl sites for hydroxylation is 1. The number of carbonyl (C=O) groups excluding carboxylic acids is 2. The lowest BCUT2D eigenvalue weighted by Gasteiger charge is -2.05. The highest BCUT2D eigenvalue weighted by Crippen LogP contribution is 2.16. The molecule has 0 unspecified atom stereocenters. The van der Waals surface area contributed by atoms with Gasteiger partial charge in [-0.2, -0.15) is 0 Å². The molecule has 1 aromatic heterocycles. The summed E-state index contributed by atoms with van der Waals surface area (Å²) in [7, 11) is 0. The number of carboxylic acid groups (broad SMARTS) is 1. The zero-order chi connectivity index (χ0) is 17.5. The Hall–Kier alpha value is -2.39. The van der Waals surface area contributed by atoms with Crippen LogP contribution in [0.25, 0.3) is 0 Å². The van der Waals surface area contributed by atoms with Gasteiger partial charge in [-0.25, -0.2) is 0 Å². The molecule has 8 nitrogen and oxygen atoms in total. The molecule has 1 aromatic carbocycles. The minimum atomic E-state index is -1.27. The van der Waals surface area contributed by atoms with E-state index in [4.69, 9.17) is 11.6 Å². The summed E-state index contributed by atoms with van der Waals surface area (Å²) in [6.07, 6.45) is -0.378. The second kappa shape index (κ2) is 8.46. The molecule has 0 saturated carbocycles. The number of H-pyrrole nitrogens is 1. The number of aromatic amines is 1. The summed E-state index contributed by atoms with van der Waals surface area (Å²) < 4.78 is 0. The van der Waals surface area contributed by atoms with Crippen molar-refractivity contribution in [2.45, 2.75) is 18.0 Å². The van der Waals surface area contributed by atoms with Crippen molar-refractivity contribution in [2.75, 3.05) is 11.1 Å². The van der Waals surface area contributed by atoms with Gasteiger partial charge >= 0.3 is 0 Å². The number of hydrogen-bond donors (Lipinski definition) is 2. The third kappa shape index (κ3) is 5.67. The lowest BCUT2D eigenvalue weighted by atomic mass is 10.2. The topological polar surface area (TPSA) is 128 Å². The van der Waals surface area contributed by atoms with E-state index < -0.39 is 11.5 Å². The van der Waals surface area contributed by atoms with Gasteiger partial charge in [-0.05, 0) is 24.6 Å². The third-order valence-electron chi connectivity index (χ3n) is 2.76. The van der Waals surface area contributed by atoms with Crippen LogP contribution in [0.1, 0.15) is 12.1 Å². The summed E-state index contributed by atoms with van der Waals surface area (Å²) in [6, 6.07) is 6.70. The summed E-state index contributed by atoms with van der Waals surface area (Å²) >= 11 is 6.82. The van der Waals surface area contributed by atoms with Crippen molar-refractivity contribution >= 4 is 40.9 Å². The maximum Gasteiger partial charge on any atom is 0.273 e. The van der Waals surface area contributed by atoms with Crippen molar-refractivity contribution in [3.8, 4) is 0 Å². The first-order valence-electron chi connectivity index (χ1n) is 6.78. The van der Waals surface area contributed by atoms with E-state index in [1.807, 2.05) is 0 Å². The van der Waals surface area contributed by atoms with Gasteiger partial charge in [-0.15, -0.1) is 10.2 Å².